The number of nitrogens with zero attached hydrogens (tertiary/aromatic N) is 1. The van der Waals surface area contributed by atoms with Crippen molar-refractivity contribution in [3.63, 3.8) is 0 Å². The number of anilines is 2. The van der Waals surface area contributed by atoms with Crippen LogP contribution in [0.25, 0.3) is 0 Å². The summed E-state index contributed by atoms with van der Waals surface area (Å²) >= 11 is 0. The van der Waals surface area contributed by atoms with Crippen molar-refractivity contribution >= 4 is 23.2 Å². The van der Waals surface area contributed by atoms with E-state index < -0.39 is 0 Å². The maximum Gasteiger partial charge on any atom is 0.265 e. The number of nitrogens with one attached hydrogen (secondary N) is 1. The molecule has 0 spiro atoms. The summed E-state index contributed by atoms with van der Waals surface area (Å²) in [6, 6.07) is 22.2. The van der Waals surface area contributed by atoms with Crippen molar-refractivity contribution in [1.82, 2.24) is 0 Å². The summed E-state index contributed by atoms with van der Waals surface area (Å²) in [5, 5.41) is 2.89. The predicted molar refractivity (Wildman–Crippen MR) is 124 cm³/mol. The lowest BCUT2D eigenvalue weighted by molar-refractivity contribution is -0.121. The van der Waals surface area contributed by atoms with Gasteiger partial charge in [-0.05, 0) is 53.9 Å². The highest BCUT2D eigenvalue weighted by molar-refractivity contribution is 6.06. The molecule has 0 unspecified atom stereocenters. The topological polar surface area (TPSA) is 67.9 Å². The minimum absolute atomic E-state index is 0.0528. The number of rotatable bonds is 7. The minimum atomic E-state index is -0.251. The fourth-order valence-corrected chi connectivity index (χ4v) is 3.39. The number of hydrogen-bond donors (Lipinski definition) is 1. The molecule has 1 aliphatic rings. The number of benzene rings is 3. The lowest BCUT2D eigenvalue weighted by Gasteiger charge is -2.29. The zero-order valence-electron chi connectivity index (χ0n) is 18.2. The first-order chi connectivity index (χ1) is 15.5. The fraction of sp³-hybridized carbons (Fsp3) is 0.231. The van der Waals surface area contributed by atoms with Gasteiger partial charge in [-0.25, -0.2) is 0 Å². The first-order valence-electron chi connectivity index (χ1n) is 10.6. The molecule has 6 heteroatoms. The van der Waals surface area contributed by atoms with Crippen molar-refractivity contribution in [2.75, 3.05) is 23.4 Å². The Labute approximate surface area is 187 Å². The van der Waals surface area contributed by atoms with E-state index in [2.05, 4.69) is 19.2 Å². The summed E-state index contributed by atoms with van der Waals surface area (Å²) in [5.41, 5.74) is 2.81. The van der Waals surface area contributed by atoms with Crippen LogP contribution in [0.5, 0.6) is 11.5 Å². The molecule has 1 N–H and O–H groups in total. The first kappa shape index (κ1) is 21.4. The highest BCUT2D eigenvalue weighted by atomic mass is 16.5. The van der Waals surface area contributed by atoms with Crippen LogP contribution >= 0.6 is 0 Å². The average Bonchev–Trinajstić information content (AvgIpc) is 2.81. The van der Waals surface area contributed by atoms with E-state index in [1.165, 1.54) is 0 Å². The third-order valence-corrected chi connectivity index (χ3v) is 5.04. The highest BCUT2D eigenvalue weighted by Gasteiger charge is 2.26. The largest absolute Gasteiger partial charge is 0.493 e. The molecule has 0 aromatic heterocycles. The van der Waals surface area contributed by atoms with Crippen LogP contribution in [0, 0.1) is 5.92 Å². The van der Waals surface area contributed by atoms with E-state index in [4.69, 9.17) is 9.47 Å². The summed E-state index contributed by atoms with van der Waals surface area (Å²) in [5.74, 6) is 1.37. The van der Waals surface area contributed by atoms with Gasteiger partial charge >= 0.3 is 0 Å². The number of amides is 2. The van der Waals surface area contributed by atoms with E-state index in [1.807, 2.05) is 54.6 Å². The molecule has 1 aliphatic heterocycles. The molecule has 0 atom stereocenters. The monoisotopic (exact) mass is 430 g/mol. The Morgan fingerprint density at radius 2 is 1.81 bits per heavy atom. The third-order valence-electron chi connectivity index (χ3n) is 5.04. The molecule has 0 saturated heterocycles. The Hall–Kier alpha value is -3.80. The number of ether oxygens (including phenoxy) is 2. The molecular formula is C26H26N2O4. The lowest BCUT2D eigenvalue weighted by atomic mass is 10.1. The maximum absolute atomic E-state index is 12.8. The van der Waals surface area contributed by atoms with Crippen LogP contribution in [0.1, 0.15) is 29.8 Å². The van der Waals surface area contributed by atoms with E-state index in [0.717, 1.165) is 11.3 Å². The standard InChI is InChI=1S/C26H26N2O4/c1-18(2)16-31-22-11-9-21(10-12-22)27-26(30)20-8-13-23-24(14-20)32-17-25(29)28(23)15-19-6-4-3-5-7-19/h3-14,18H,15-17H2,1-2H3,(H,27,30). The second-order valence-electron chi connectivity index (χ2n) is 8.12. The number of carbonyl (C=O) groups is 2. The molecular weight excluding hydrogens is 404 g/mol. The van der Waals surface area contributed by atoms with Crippen molar-refractivity contribution in [1.29, 1.82) is 0 Å². The molecule has 1 heterocycles. The summed E-state index contributed by atoms with van der Waals surface area (Å²) in [4.78, 5) is 26.9. The molecule has 0 bridgehead atoms. The van der Waals surface area contributed by atoms with Gasteiger partial charge in [-0.2, -0.15) is 0 Å². The van der Waals surface area contributed by atoms with Crippen LogP contribution in [0.3, 0.4) is 0 Å². The van der Waals surface area contributed by atoms with Crippen molar-refractivity contribution in [2.45, 2.75) is 20.4 Å². The van der Waals surface area contributed by atoms with Crippen LogP contribution in [0.4, 0.5) is 11.4 Å². The normalized spacial score (nSPS) is 12.8. The van der Waals surface area contributed by atoms with Crippen LogP contribution in [-0.2, 0) is 11.3 Å². The lowest BCUT2D eigenvalue weighted by Crippen LogP contribution is -2.38. The zero-order chi connectivity index (χ0) is 22.5. The van der Waals surface area contributed by atoms with Gasteiger partial charge in [0.25, 0.3) is 11.8 Å². The van der Waals surface area contributed by atoms with E-state index in [1.54, 1.807) is 23.1 Å². The van der Waals surface area contributed by atoms with Gasteiger partial charge < -0.3 is 19.7 Å². The Bertz CT molecular complexity index is 1090. The third kappa shape index (κ3) is 5.09. The second kappa shape index (κ2) is 9.56. The zero-order valence-corrected chi connectivity index (χ0v) is 18.2. The van der Waals surface area contributed by atoms with Crippen LogP contribution in [0.15, 0.2) is 72.8 Å². The molecule has 4 rings (SSSR count). The van der Waals surface area contributed by atoms with E-state index in [9.17, 15) is 9.59 Å². The van der Waals surface area contributed by atoms with Crippen molar-refractivity contribution < 1.29 is 19.1 Å². The van der Waals surface area contributed by atoms with Crippen molar-refractivity contribution in [2.24, 2.45) is 5.92 Å². The minimum Gasteiger partial charge on any atom is -0.493 e. The van der Waals surface area contributed by atoms with Gasteiger partial charge in [0.2, 0.25) is 0 Å². The number of carbonyl (C=O) groups excluding carboxylic acids is 2. The smallest absolute Gasteiger partial charge is 0.265 e. The van der Waals surface area contributed by atoms with Gasteiger partial charge in [0.1, 0.15) is 11.5 Å². The van der Waals surface area contributed by atoms with Crippen molar-refractivity contribution in [3.05, 3.63) is 83.9 Å². The molecule has 6 nitrogen and oxygen atoms in total. The summed E-state index contributed by atoms with van der Waals surface area (Å²) < 4.78 is 11.3. The summed E-state index contributed by atoms with van der Waals surface area (Å²) in [7, 11) is 0. The van der Waals surface area contributed by atoms with Crippen LogP contribution in [-0.4, -0.2) is 25.0 Å². The molecule has 0 aliphatic carbocycles. The van der Waals surface area contributed by atoms with Crippen molar-refractivity contribution in [3.8, 4) is 11.5 Å². The van der Waals surface area contributed by atoms with E-state index in [0.29, 0.717) is 41.8 Å². The SMILES string of the molecule is CC(C)COc1ccc(NC(=O)c2ccc3c(c2)OCC(=O)N3Cc2ccccc2)cc1. The molecule has 0 radical (unpaired) electrons. The quantitative estimate of drug-likeness (QED) is 0.579. The summed E-state index contributed by atoms with van der Waals surface area (Å²) in [6.45, 7) is 5.22. The van der Waals surface area contributed by atoms with Gasteiger partial charge in [-0.3, -0.25) is 9.59 Å². The Balaban J connectivity index is 1.46. The molecule has 0 saturated carbocycles. The van der Waals surface area contributed by atoms with Gasteiger partial charge in [-0.1, -0.05) is 44.2 Å². The molecule has 32 heavy (non-hydrogen) atoms. The van der Waals surface area contributed by atoms with E-state index in [-0.39, 0.29) is 18.4 Å². The second-order valence-corrected chi connectivity index (χ2v) is 8.12. The molecule has 0 fully saturated rings. The first-order valence-corrected chi connectivity index (χ1v) is 10.6. The van der Waals surface area contributed by atoms with E-state index >= 15 is 0 Å². The molecule has 3 aromatic carbocycles. The molecule has 3 aromatic rings. The summed E-state index contributed by atoms with van der Waals surface area (Å²) in [6.07, 6.45) is 0. The van der Waals surface area contributed by atoms with Gasteiger partial charge in [-0.15, -0.1) is 0 Å². The van der Waals surface area contributed by atoms with Gasteiger partial charge in [0.05, 0.1) is 18.8 Å². The number of hydrogen-bond acceptors (Lipinski definition) is 4. The maximum atomic E-state index is 12.8. The highest BCUT2D eigenvalue weighted by Crippen LogP contribution is 2.34. The van der Waals surface area contributed by atoms with Crippen LogP contribution < -0.4 is 19.7 Å². The average molecular weight is 431 g/mol. The van der Waals surface area contributed by atoms with Crippen LogP contribution in [0.2, 0.25) is 0 Å². The van der Waals surface area contributed by atoms with Gasteiger partial charge in [0, 0.05) is 11.3 Å². The Kier molecular flexibility index (Phi) is 6.40. The Morgan fingerprint density at radius 1 is 1.06 bits per heavy atom. The number of fused-ring (bicyclic) bond motifs is 1. The Morgan fingerprint density at radius 3 is 2.53 bits per heavy atom. The molecule has 164 valence electrons. The molecule has 2 amide bonds. The van der Waals surface area contributed by atoms with Gasteiger partial charge in [0.15, 0.2) is 6.61 Å². The fourth-order valence-electron chi connectivity index (χ4n) is 3.39. The predicted octanol–water partition coefficient (Wildman–Crippen LogP) is 4.90.